The highest BCUT2D eigenvalue weighted by Crippen LogP contribution is 2.18. The van der Waals surface area contributed by atoms with Gasteiger partial charge in [-0.1, -0.05) is 6.07 Å². The van der Waals surface area contributed by atoms with Gasteiger partial charge in [-0.15, -0.1) is 0 Å². The number of anilines is 1. The van der Waals surface area contributed by atoms with Crippen LogP contribution in [0.4, 0.5) is 10.1 Å². The smallest absolute Gasteiger partial charge is 0.228 e. The van der Waals surface area contributed by atoms with E-state index in [1.807, 2.05) is 27.8 Å². The highest BCUT2D eigenvalue weighted by atomic mass is 19.1. The first-order valence-electron chi connectivity index (χ1n) is 6.43. The molecule has 20 heavy (non-hydrogen) atoms. The summed E-state index contributed by atoms with van der Waals surface area (Å²) in [7, 11) is 1.85. The standard InChI is InChI=1S/C15H18FN3O/c1-9-5-6-12(16)7-14(9)17-15(20)8-13-10(2)18-19(4)11(13)3/h5-7H,8H2,1-4H3,(H,17,20). The molecule has 4 nitrogen and oxygen atoms in total. The molecule has 1 amide bonds. The van der Waals surface area contributed by atoms with Gasteiger partial charge in [-0.3, -0.25) is 9.48 Å². The molecule has 0 saturated heterocycles. The molecule has 1 aromatic heterocycles. The summed E-state index contributed by atoms with van der Waals surface area (Å²) in [6, 6.07) is 4.35. The van der Waals surface area contributed by atoms with Gasteiger partial charge in [0, 0.05) is 24.0 Å². The zero-order chi connectivity index (χ0) is 14.9. The quantitative estimate of drug-likeness (QED) is 0.936. The molecule has 0 aliphatic rings. The van der Waals surface area contributed by atoms with Crippen LogP contribution in [0.5, 0.6) is 0 Å². The molecule has 106 valence electrons. The van der Waals surface area contributed by atoms with Crippen LogP contribution in [0.25, 0.3) is 0 Å². The van der Waals surface area contributed by atoms with Crippen molar-refractivity contribution in [1.82, 2.24) is 9.78 Å². The molecule has 0 aliphatic heterocycles. The maximum atomic E-state index is 13.2. The van der Waals surface area contributed by atoms with E-state index < -0.39 is 0 Å². The largest absolute Gasteiger partial charge is 0.325 e. The molecule has 0 aliphatic carbocycles. The van der Waals surface area contributed by atoms with Crippen LogP contribution in [0, 0.1) is 26.6 Å². The number of nitrogens with zero attached hydrogens (tertiary/aromatic N) is 2. The lowest BCUT2D eigenvalue weighted by Gasteiger charge is -2.08. The van der Waals surface area contributed by atoms with Crippen molar-refractivity contribution >= 4 is 11.6 Å². The van der Waals surface area contributed by atoms with Crippen molar-refractivity contribution < 1.29 is 9.18 Å². The number of hydrogen-bond acceptors (Lipinski definition) is 2. The van der Waals surface area contributed by atoms with Gasteiger partial charge in [0.25, 0.3) is 0 Å². The zero-order valence-electron chi connectivity index (χ0n) is 12.1. The molecule has 1 N–H and O–H groups in total. The predicted octanol–water partition coefficient (Wildman–Crippen LogP) is 2.67. The lowest BCUT2D eigenvalue weighted by atomic mass is 10.1. The summed E-state index contributed by atoms with van der Waals surface area (Å²) >= 11 is 0. The molecule has 1 aromatic carbocycles. The highest BCUT2D eigenvalue weighted by molar-refractivity contribution is 5.93. The first-order chi connectivity index (χ1) is 9.38. The van der Waals surface area contributed by atoms with Crippen LogP contribution >= 0.6 is 0 Å². The van der Waals surface area contributed by atoms with Crippen molar-refractivity contribution in [2.75, 3.05) is 5.32 Å². The average Bonchev–Trinajstić information content (AvgIpc) is 2.61. The van der Waals surface area contributed by atoms with Crippen LogP contribution in [0.1, 0.15) is 22.5 Å². The summed E-state index contributed by atoms with van der Waals surface area (Å²) in [5.41, 5.74) is 4.07. The predicted molar refractivity (Wildman–Crippen MR) is 76.2 cm³/mol. The number of aromatic nitrogens is 2. The third-order valence-corrected chi connectivity index (χ3v) is 3.47. The molecule has 0 bridgehead atoms. The van der Waals surface area contributed by atoms with Crippen molar-refractivity contribution in [3.05, 3.63) is 46.5 Å². The normalized spacial score (nSPS) is 10.7. The van der Waals surface area contributed by atoms with Gasteiger partial charge in [0.2, 0.25) is 5.91 Å². The van der Waals surface area contributed by atoms with Gasteiger partial charge in [0.05, 0.1) is 12.1 Å². The Morgan fingerprint density at radius 1 is 1.35 bits per heavy atom. The number of rotatable bonds is 3. The van der Waals surface area contributed by atoms with Gasteiger partial charge in [-0.25, -0.2) is 4.39 Å². The minimum absolute atomic E-state index is 0.169. The van der Waals surface area contributed by atoms with E-state index in [1.54, 1.807) is 10.7 Å². The molecular formula is C15H18FN3O. The van der Waals surface area contributed by atoms with Gasteiger partial charge in [-0.2, -0.15) is 5.10 Å². The SMILES string of the molecule is Cc1ccc(F)cc1NC(=O)Cc1c(C)nn(C)c1C. The molecule has 1 heterocycles. The Morgan fingerprint density at radius 3 is 2.65 bits per heavy atom. The third kappa shape index (κ3) is 2.87. The van der Waals surface area contributed by atoms with Gasteiger partial charge >= 0.3 is 0 Å². The van der Waals surface area contributed by atoms with Crippen molar-refractivity contribution in [2.24, 2.45) is 7.05 Å². The number of amides is 1. The van der Waals surface area contributed by atoms with Crippen LogP contribution in [0.15, 0.2) is 18.2 Å². The van der Waals surface area contributed by atoms with Crippen LogP contribution in [0.3, 0.4) is 0 Å². The lowest BCUT2D eigenvalue weighted by molar-refractivity contribution is -0.115. The fourth-order valence-electron chi connectivity index (χ4n) is 2.16. The maximum Gasteiger partial charge on any atom is 0.228 e. The van der Waals surface area contributed by atoms with Crippen LogP contribution < -0.4 is 5.32 Å². The average molecular weight is 275 g/mol. The van der Waals surface area contributed by atoms with Crippen molar-refractivity contribution in [3.8, 4) is 0 Å². The summed E-state index contributed by atoms with van der Waals surface area (Å²) in [5, 5.41) is 7.03. The second kappa shape index (κ2) is 5.45. The van der Waals surface area contributed by atoms with E-state index >= 15 is 0 Å². The third-order valence-electron chi connectivity index (χ3n) is 3.47. The van der Waals surface area contributed by atoms with E-state index in [2.05, 4.69) is 10.4 Å². The Kier molecular flexibility index (Phi) is 3.88. The van der Waals surface area contributed by atoms with E-state index in [4.69, 9.17) is 0 Å². The molecule has 0 saturated carbocycles. The van der Waals surface area contributed by atoms with Crippen molar-refractivity contribution in [1.29, 1.82) is 0 Å². The Morgan fingerprint density at radius 2 is 2.05 bits per heavy atom. The van der Waals surface area contributed by atoms with Gasteiger partial charge in [0.1, 0.15) is 5.82 Å². The number of halogens is 1. The Bertz CT molecular complexity index is 661. The summed E-state index contributed by atoms with van der Waals surface area (Å²) in [6.07, 6.45) is 0.238. The molecule has 2 aromatic rings. The highest BCUT2D eigenvalue weighted by Gasteiger charge is 2.14. The zero-order valence-corrected chi connectivity index (χ0v) is 12.1. The second-order valence-corrected chi connectivity index (χ2v) is 4.96. The Labute approximate surface area is 117 Å². The van der Waals surface area contributed by atoms with E-state index in [0.29, 0.717) is 5.69 Å². The molecule has 0 fully saturated rings. The van der Waals surface area contributed by atoms with Gasteiger partial charge in [-0.05, 0) is 38.5 Å². The number of carbonyl (C=O) groups excluding carboxylic acids is 1. The van der Waals surface area contributed by atoms with Gasteiger partial charge < -0.3 is 5.32 Å². The van der Waals surface area contributed by atoms with Crippen LogP contribution in [-0.4, -0.2) is 15.7 Å². The van der Waals surface area contributed by atoms with E-state index in [0.717, 1.165) is 22.5 Å². The number of aryl methyl sites for hydroxylation is 3. The fraction of sp³-hybridized carbons (Fsp3) is 0.333. The van der Waals surface area contributed by atoms with E-state index in [9.17, 15) is 9.18 Å². The topological polar surface area (TPSA) is 46.9 Å². The number of benzene rings is 1. The first-order valence-corrected chi connectivity index (χ1v) is 6.43. The fourth-order valence-corrected chi connectivity index (χ4v) is 2.16. The number of nitrogens with one attached hydrogen (secondary N) is 1. The monoisotopic (exact) mass is 275 g/mol. The lowest BCUT2D eigenvalue weighted by Crippen LogP contribution is -2.16. The minimum Gasteiger partial charge on any atom is -0.325 e. The van der Waals surface area contributed by atoms with E-state index in [1.165, 1.54) is 12.1 Å². The summed E-state index contributed by atoms with van der Waals surface area (Å²) in [4.78, 5) is 12.1. The maximum absolute atomic E-state index is 13.2. The number of hydrogen-bond donors (Lipinski definition) is 1. The molecule has 0 radical (unpaired) electrons. The molecule has 0 spiro atoms. The van der Waals surface area contributed by atoms with E-state index in [-0.39, 0.29) is 18.1 Å². The molecular weight excluding hydrogens is 257 g/mol. The molecule has 0 unspecified atom stereocenters. The summed E-state index contributed by atoms with van der Waals surface area (Å²) in [5.74, 6) is -0.530. The van der Waals surface area contributed by atoms with Gasteiger partial charge in [0.15, 0.2) is 0 Å². The number of carbonyl (C=O) groups is 1. The van der Waals surface area contributed by atoms with Crippen molar-refractivity contribution in [2.45, 2.75) is 27.2 Å². The summed E-state index contributed by atoms with van der Waals surface area (Å²) in [6.45, 7) is 5.63. The first kappa shape index (κ1) is 14.2. The minimum atomic E-state index is -0.361. The van der Waals surface area contributed by atoms with Crippen LogP contribution in [0.2, 0.25) is 0 Å². The molecule has 0 atom stereocenters. The Hall–Kier alpha value is -2.17. The van der Waals surface area contributed by atoms with Crippen LogP contribution in [-0.2, 0) is 18.3 Å². The Balaban J connectivity index is 2.15. The molecule has 5 heteroatoms. The van der Waals surface area contributed by atoms with Crippen molar-refractivity contribution in [3.63, 3.8) is 0 Å². The summed E-state index contributed by atoms with van der Waals surface area (Å²) < 4.78 is 14.9. The second-order valence-electron chi connectivity index (χ2n) is 4.96. The molecule has 2 rings (SSSR count).